The number of rotatable bonds is 7. The van der Waals surface area contributed by atoms with Gasteiger partial charge in [-0.3, -0.25) is 24.8 Å². The second kappa shape index (κ2) is 10.4. The summed E-state index contributed by atoms with van der Waals surface area (Å²) in [7, 11) is 1.60. The van der Waals surface area contributed by atoms with Crippen LogP contribution in [0.4, 0.5) is 11.4 Å². The first-order chi connectivity index (χ1) is 16.4. The standard InChI is InChI=1S/C26H28N4O4/c1-18-6-11-24(26(31)28-21-7-9-23(34-2)10-8-21)25(27-18)20-12-14-29(15-13-20)17-19-4-3-5-22(16-19)30(32)33/h3-11,16,20H,12-15,17H2,1-2H3,(H,28,31). The van der Waals surface area contributed by atoms with E-state index < -0.39 is 0 Å². The maximum Gasteiger partial charge on any atom is 0.269 e. The summed E-state index contributed by atoms with van der Waals surface area (Å²) in [4.78, 5) is 30.8. The minimum absolute atomic E-state index is 0.115. The van der Waals surface area contributed by atoms with Crippen LogP contribution in [0.5, 0.6) is 5.75 Å². The highest BCUT2D eigenvalue weighted by molar-refractivity contribution is 6.05. The van der Waals surface area contributed by atoms with Gasteiger partial charge < -0.3 is 10.1 Å². The van der Waals surface area contributed by atoms with Gasteiger partial charge in [0.2, 0.25) is 0 Å². The number of anilines is 1. The van der Waals surface area contributed by atoms with Crippen molar-refractivity contribution in [3.05, 3.63) is 93.3 Å². The lowest BCUT2D eigenvalue weighted by atomic mass is 9.89. The molecule has 3 aromatic rings. The fraction of sp³-hybridized carbons (Fsp3) is 0.308. The summed E-state index contributed by atoms with van der Waals surface area (Å²) < 4.78 is 5.18. The zero-order chi connectivity index (χ0) is 24.1. The van der Waals surface area contributed by atoms with Crippen LogP contribution in [0.1, 0.15) is 46.1 Å². The highest BCUT2D eigenvalue weighted by atomic mass is 16.6. The topological polar surface area (TPSA) is 97.6 Å². The molecule has 8 heteroatoms. The predicted molar refractivity (Wildman–Crippen MR) is 130 cm³/mol. The molecule has 0 radical (unpaired) electrons. The number of nitrogens with zero attached hydrogens (tertiary/aromatic N) is 3. The monoisotopic (exact) mass is 460 g/mol. The van der Waals surface area contributed by atoms with E-state index in [2.05, 4.69) is 10.2 Å². The first kappa shape index (κ1) is 23.4. The van der Waals surface area contributed by atoms with Crippen molar-refractivity contribution < 1.29 is 14.5 Å². The molecule has 8 nitrogen and oxygen atoms in total. The molecule has 1 N–H and O–H groups in total. The molecule has 0 aliphatic carbocycles. The number of aryl methyl sites for hydroxylation is 1. The Hall–Kier alpha value is -3.78. The highest BCUT2D eigenvalue weighted by Crippen LogP contribution is 2.31. The Bertz CT molecular complexity index is 1170. The fourth-order valence-corrected chi connectivity index (χ4v) is 4.34. The normalized spacial score (nSPS) is 14.5. The number of methoxy groups -OCH3 is 1. The molecule has 0 spiro atoms. The van der Waals surface area contributed by atoms with Crippen LogP contribution in [-0.2, 0) is 6.54 Å². The number of hydrogen-bond acceptors (Lipinski definition) is 6. The third-order valence-electron chi connectivity index (χ3n) is 6.16. The van der Waals surface area contributed by atoms with Crippen molar-refractivity contribution in [1.29, 1.82) is 0 Å². The number of nitro benzene ring substituents is 1. The van der Waals surface area contributed by atoms with Crippen molar-refractivity contribution in [2.75, 3.05) is 25.5 Å². The molecule has 1 aromatic heterocycles. The van der Waals surface area contributed by atoms with Gasteiger partial charge in [0.15, 0.2) is 0 Å². The van der Waals surface area contributed by atoms with E-state index >= 15 is 0 Å². The van der Waals surface area contributed by atoms with Crippen LogP contribution < -0.4 is 10.1 Å². The molecule has 2 heterocycles. The largest absolute Gasteiger partial charge is 0.497 e. The van der Waals surface area contributed by atoms with Gasteiger partial charge in [-0.05, 0) is 74.8 Å². The lowest BCUT2D eigenvalue weighted by molar-refractivity contribution is -0.384. The van der Waals surface area contributed by atoms with Crippen molar-refractivity contribution in [2.45, 2.75) is 32.2 Å². The average molecular weight is 461 g/mol. The highest BCUT2D eigenvalue weighted by Gasteiger charge is 2.26. The van der Waals surface area contributed by atoms with Gasteiger partial charge in [0, 0.05) is 36.0 Å². The van der Waals surface area contributed by atoms with Crippen LogP contribution in [0.2, 0.25) is 0 Å². The van der Waals surface area contributed by atoms with Gasteiger partial charge in [-0.2, -0.15) is 0 Å². The maximum atomic E-state index is 13.1. The van der Waals surface area contributed by atoms with Crippen LogP contribution in [0.15, 0.2) is 60.7 Å². The number of hydrogen-bond donors (Lipinski definition) is 1. The Morgan fingerprint density at radius 2 is 1.88 bits per heavy atom. The van der Waals surface area contributed by atoms with Crippen LogP contribution in [-0.4, -0.2) is 40.9 Å². The van der Waals surface area contributed by atoms with Crippen molar-refractivity contribution in [1.82, 2.24) is 9.88 Å². The molecule has 0 bridgehead atoms. The molecule has 34 heavy (non-hydrogen) atoms. The smallest absolute Gasteiger partial charge is 0.269 e. The Kier molecular flexibility index (Phi) is 7.18. The number of ether oxygens (including phenoxy) is 1. The molecule has 0 atom stereocenters. The van der Waals surface area contributed by atoms with Crippen molar-refractivity contribution in [2.24, 2.45) is 0 Å². The van der Waals surface area contributed by atoms with E-state index in [-0.39, 0.29) is 22.4 Å². The second-order valence-electron chi connectivity index (χ2n) is 8.55. The predicted octanol–water partition coefficient (Wildman–Crippen LogP) is 4.94. The first-order valence-corrected chi connectivity index (χ1v) is 11.3. The summed E-state index contributed by atoms with van der Waals surface area (Å²) in [5, 5.41) is 14.0. The number of non-ortho nitro benzene ring substituents is 1. The third kappa shape index (κ3) is 5.58. The number of aromatic nitrogens is 1. The molecule has 1 fully saturated rings. The van der Waals surface area contributed by atoms with E-state index in [0.29, 0.717) is 17.8 Å². The average Bonchev–Trinajstić information content (AvgIpc) is 2.85. The SMILES string of the molecule is COc1ccc(NC(=O)c2ccc(C)nc2C2CCN(Cc3cccc([N+](=O)[O-])c3)CC2)cc1. The molecular formula is C26H28N4O4. The van der Waals surface area contributed by atoms with Gasteiger partial charge in [0.1, 0.15) is 5.75 Å². The lowest BCUT2D eigenvalue weighted by Gasteiger charge is -2.32. The Labute approximate surface area is 198 Å². The molecule has 1 saturated heterocycles. The first-order valence-electron chi connectivity index (χ1n) is 11.3. The summed E-state index contributed by atoms with van der Waals surface area (Å²) in [5.41, 5.74) is 4.06. The quantitative estimate of drug-likeness (QED) is 0.396. The Morgan fingerprint density at radius 3 is 2.56 bits per heavy atom. The van der Waals surface area contributed by atoms with Crippen molar-refractivity contribution in [3.63, 3.8) is 0 Å². The van der Waals surface area contributed by atoms with Gasteiger partial charge in [-0.1, -0.05) is 12.1 Å². The minimum atomic E-state index is -0.363. The van der Waals surface area contributed by atoms with Crippen LogP contribution in [0, 0.1) is 17.0 Å². The van der Waals surface area contributed by atoms with Crippen LogP contribution >= 0.6 is 0 Å². The van der Waals surface area contributed by atoms with Gasteiger partial charge in [0.05, 0.1) is 23.3 Å². The Balaban J connectivity index is 1.43. The molecule has 0 unspecified atom stereocenters. The Morgan fingerprint density at radius 1 is 1.15 bits per heavy atom. The van der Waals surface area contributed by atoms with Gasteiger partial charge in [0.25, 0.3) is 11.6 Å². The zero-order valence-electron chi connectivity index (χ0n) is 19.4. The van der Waals surface area contributed by atoms with Crippen LogP contribution in [0.25, 0.3) is 0 Å². The molecule has 1 aliphatic heterocycles. The number of amides is 1. The number of carbonyl (C=O) groups is 1. The summed E-state index contributed by atoms with van der Waals surface area (Å²) in [6, 6.07) is 17.7. The van der Waals surface area contributed by atoms with Crippen LogP contribution in [0.3, 0.4) is 0 Å². The second-order valence-corrected chi connectivity index (χ2v) is 8.55. The number of benzene rings is 2. The zero-order valence-corrected chi connectivity index (χ0v) is 19.4. The van der Waals surface area contributed by atoms with E-state index in [9.17, 15) is 14.9 Å². The minimum Gasteiger partial charge on any atom is -0.497 e. The maximum absolute atomic E-state index is 13.1. The van der Waals surface area contributed by atoms with Gasteiger partial charge in [-0.15, -0.1) is 0 Å². The number of carbonyl (C=O) groups excluding carboxylic acids is 1. The molecule has 2 aromatic carbocycles. The lowest BCUT2D eigenvalue weighted by Crippen LogP contribution is -2.33. The van der Waals surface area contributed by atoms with Gasteiger partial charge in [-0.25, -0.2) is 0 Å². The molecule has 1 amide bonds. The summed E-state index contributed by atoms with van der Waals surface area (Å²) >= 11 is 0. The molecule has 176 valence electrons. The van der Waals surface area contributed by atoms with Crippen molar-refractivity contribution >= 4 is 17.3 Å². The number of pyridine rings is 1. The number of nitro groups is 1. The number of likely N-dealkylation sites (tertiary alicyclic amines) is 1. The van der Waals surface area contributed by atoms with E-state index in [0.717, 1.165) is 48.6 Å². The molecular weight excluding hydrogens is 432 g/mol. The molecule has 4 rings (SSSR count). The summed E-state index contributed by atoms with van der Waals surface area (Å²) in [6.07, 6.45) is 1.74. The van der Waals surface area contributed by atoms with E-state index in [1.165, 1.54) is 6.07 Å². The fourth-order valence-electron chi connectivity index (χ4n) is 4.34. The summed E-state index contributed by atoms with van der Waals surface area (Å²) in [5.74, 6) is 0.733. The van der Waals surface area contributed by atoms with E-state index in [1.54, 1.807) is 31.4 Å². The summed E-state index contributed by atoms with van der Waals surface area (Å²) in [6.45, 7) is 4.28. The van der Waals surface area contributed by atoms with Gasteiger partial charge >= 0.3 is 0 Å². The molecule has 0 saturated carbocycles. The third-order valence-corrected chi connectivity index (χ3v) is 6.16. The molecule has 1 aliphatic rings. The number of nitrogens with one attached hydrogen (secondary N) is 1. The number of piperidine rings is 1. The van der Waals surface area contributed by atoms with Crippen molar-refractivity contribution in [3.8, 4) is 5.75 Å². The van der Waals surface area contributed by atoms with E-state index in [1.807, 2.05) is 37.3 Å². The van der Waals surface area contributed by atoms with E-state index in [4.69, 9.17) is 9.72 Å².